The van der Waals surface area contributed by atoms with E-state index < -0.39 is 0 Å². The number of methoxy groups -OCH3 is 1. The molecule has 94 valence electrons. The number of aromatic nitrogens is 1. The van der Waals surface area contributed by atoms with E-state index in [2.05, 4.69) is 27.8 Å². The summed E-state index contributed by atoms with van der Waals surface area (Å²) in [5.41, 5.74) is 0.528. The Morgan fingerprint density at radius 1 is 1.65 bits per heavy atom. The van der Waals surface area contributed by atoms with Gasteiger partial charge < -0.3 is 9.64 Å². The van der Waals surface area contributed by atoms with E-state index in [1.807, 2.05) is 7.05 Å². The number of pyridine rings is 1. The number of ether oxygens (including phenoxy) is 1. The maximum Gasteiger partial charge on any atom is 0.338 e. The Hall–Kier alpha value is -1.23. The van der Waals surface area contributed by atoms with Crippen LogP contribution in [0.2, 0.25) is 0 Å². The van der Waals surface area contributed by atoms with Crippen LogP contribution in [0.15, 0.2) is 18.3 Å². The van der Waals surface area contributed by atoms with Crippen LogP contribution in [-0.4, -0.2) is 43.2 Å². The lowest BCUT2D eigenvalue weighted by molar-refractivity contribution is 0.0600. The minimum atomic E-state index is -0.334. The largest absolute Gasteiger partial charge is 0.465 e. The zero-order valence-corrected chi connectivity index (χ0v) is 11.5. The molecule has 0 saturated heterocycles. The summed E-state index contributed by atoms with van der Waals surface area (Å²) < 4.78 is 4.69. The first-order valence-corrected chi connectivity index (χ1v) is 6.75. The summed E-state index contributed by atoms with van der Waals surface area (Å²) >= 11 is 1.79. The number of anilines is 1. The topological polar surface area (TPSA) is 42.4 Å². The van der Waals surface area contributed by atoms with Crippen LogP contribution < -0.4 is 4.90 Å². The number of hydrogen-bond acceptors (Lipinski definition) is 5. The molecule has 0 aliphatic carbocycles. The molecule has 4 nitrogen and oxygen atoms in total. The number of nitrogens with zero attached hydrogens (tertiary/aromatic N) is 2. The SMILES string of the molecule is COC(=O)c1ccnc(N(C)C(C)CSC)c1. The summed E-state index contributed by atoms with van der Waals surface area (Å²) in [6.45, 7) is 2.13. The molecule has 0 N–H and O–H groups in total. The smallest absolute Gasteiger partial charge is 0.338 e. The summed E-state index contributed by atoms with van der Waals surface area (Å²) in [6.07, 6.45) is 3.70. The molecule has 0 aromatic carbocycles. The Morgan fingerprint density at radius 2 is 2.35 bits per heavy atom. The Balaban J connectivity index is 2.87. The Labute approximate surface area is 106 Å². The molecule has 0 radical (unpaired) electrons. The van der Waals surface area contributed by atoms with Crippen molar-refractivity contribution in [2.45, 2.75) is 13.0 Å². The van der Waals surface area contributed by atoms with E-state index in [-0.39, 0.29) is 5.97 Å². The summed E-state index contributed by atoms with van der Waals surface area (Å²) in [5.74, 6) is 1.47. The van der Waals surface area contributed by atoms with Gasteiger partial charge in [0.2, 0.25) is 0 Å². The summed E-state index contributed by atoms with van der Waals surface area (Å²) in [7, 11) is 3.35. The third-order valence-corrected chi connectivity index (χ3v) is 3.41. The molecule has 17 heavy (non-hydrogen) atoms. The molecule has 1 aromatic heterocycles. The van der Waals surface area contributed by atoms with E-state index in [0.717, 1.165) is 11.6 Å². The van der Waals surface area contributed by atoms with Crippen molar-refractivity contribution in [3.63, 3.8) is 0 Å². The highest BCUT2D eigenvalue weighted by Gasteiger charge is 2.13. The molecule has 1 heterocycles. The third kappa shape index (κ3) is 3.63. The van der Waals surface area contributed by atoms with Gasteiger partial charge >= 0.3 is 5.97 Å². The minimum Gasteiger partial charge on any atom is -0.465 e. The van der Waals surface area contributed by atoms with Crippen LogP contribution in [-0.2, 0) is 4.74 Å². The van der Waals surface area contributed by atoms with Gasteiger partial charge in [0.05, 0.1) is 12.7 Å². The molecule has 1 atom stereocenters. The van der Waals surface area contributed by atoms with Crippen molar-refractivity contribution in [1.82, 2.24) is 4.98 Å². The van der Waals surface area contributed by atoms with Crippen LogP contribution in [0.3, 0.4) is 0 Å². The van der Waals surface area contributed by atoms with Crippen molar-refractivity contribution in [3.05, 3.63) is 23.9 Å². The van der Waals surface area contributed by atoms with Gasteiger partial charge in [0.25, 0.3) is 0 Å². The second kappa shape index (κ2) is 6.49. The van der Waals surface area contributed by atoms with Gasteiger partial charge in [0.1, 0.15) is 5.82 Å². The quantitative estimate of drug-likeness (QED) is 0.752. The zero-order chi connectivity index (χ0) is 12.8. The number of thioether (sulfide) groups is 1. The monoisotopic (exact) mass is 254 g/mol. The van der Waals surface area contributed by atoms with Gasteiger partial charge in [-0.25, -0.2) is 9.78 Å². The fourth-order valence-electron chi connectivity index (χ4n) is 1.43. The molecule has 1 rings (SSSR count). The van der Waals surface area contributed by atoms with Crippen LogP contribution in [0.4, 0.5) is 5.82 Å². The molecule has 1 aromatic rings. The van der Waals surface area contributed by atoms with Gasteiger partial charge in [-0.15, -0.1) is 0 Å². The summed E-state index contributed by atoms with van der Waals surface area (Å²) in [6, 6.07) is 3.77. The highest BCUT2D eigenvalue weighted by molar-refractivity contribution is 7.98. The number of rotatable bonds is 5. The molecule has 0 fully saturated rings. The number of carbonyl (C=O) groups excluding carboxylic acids is 1. The molecule has 0 amide bonds. The predicted octanol–water partition coefficient (Wildman–Crippen LogP) is 2.06. The van der Waals surface area contributed by atoms with Gasteiger partial charge in [-0.05, 0) is 25.3 Å². The van der Waals surface area contributed by atoms with Crippen molar-refractivity contribution in [1.29, 1.82) is 0 Å². The maximum absolute atomic E-state index is 11.4. The van der Waals surface area contributed by atoms with Crippen LogP contribution in [0.5, 0.6) is 0 Å². The highest BCUT2D eigenvalue weighted by Crippen LogP contribution is 2.16. The van der Waals surface area contributed by atoms with Crippen molar-refractivity contribution >= 4 is 23.5 Å². The highest BCUT2D eigenvalue weighted by atomic mass is 32.2. The molecular formula is C12H18N2O2S. The van der Waals surface area contributed by atoms with Gasteiger partial charge in [0.15, 0.2) is 0 Å². The molecular weight excluding hydrogens is 236 g/mol. The number of carbonyl (C=O) groups is 1. The Morgan fingerprint density at radius 3 is 2.94 bits per heavy atom. The second-order valence-corrected chi connectivity index (χ2v) is 4.72. The Kier molecular flexibility index (Phi) is 5.28. The van der Waals surface area contributed by atoms with Gasteiger partial charge in [-0.2, -0.15) is 11.8 Å². The van der Waals surface area contributed by atoms with Crippen molar-refractivity contribution in [2.24, 2.45) is 0 Å². The fraction of sp³-hybridized carbons (Fsp3) is 0.500. The predicted molar refractivity (Wildman–Crippen MR) is 71.8 cm³/mol. The molecule has 0 aliphatic heterocycles. The molecule has 1 unspecified atom stereocenters. The van der Waals surface area contributed by atoms with Crippen molar-refractivity contribution in [2.75, 3.05) is 31.1 Å². The van der Waals surface area contributed by atoms with Crippen molar-refractivity contribution in [3.8, 4) is 0 Å². The number of hydrogen-bond donors (Lipinski definition) is 0. The van der Waals surface area contributed by atoms with E-state index in [0.29, 0.717) is 11.6 Å². The van der Waals surface area contributed by atoms with Crippen LogP contribution in [0.1, 0.15) is 17.3 Å². The van der Waals surface area contributed by atoms with Crippen LogP contribution in [0.25, 0.3) is 0 Å². The lowest BCUT2D eigenvalue weighted by Crippen LogP contribution is -2.31. The lowest BCUT2D eigenvalue weighted by Gasteiger charge is -2.25. The standard InChI is InChI=1S/C12H18N2O2S/c1-9(8-17-4)14(2)11-7-10(5-6-13-11)12(15)16-3/h5-7,9H,8H2,1-4H3. The zero-order valence-electron chi connectivity index (χ0n) is 10.6. The average Bonchev–Trinajstić information content (AvgIpc) is 2.37. The first kappa shape index (κ1) is 13.8. The molecule has 0 spiro atoms. The average molecular weight is 254 g/mol. The van der Waals surface area contributed by atoms with Crippen molar-refractivity contribution < 1.29 is 9.53 Å². The van der Waals surface area contributed by atoms with Gasteiger partial charge in [0, 0.05) is 25.0 Å². The van der Waals surface area contributed by atoms with E-state index in [1.54, 1.807) is 30.1 Å². The maximum atomic E-state index is 11.4. The first-order valence-electron chi connectivity index (χ1n) is 5.36. The van der Waals surface area contributed by atoms with Crippen LogP contribution >= 0.6 is 11.8 Å². The van der Waals surface area contributed by atoms with Gasteiger partial charge in [-0.1, -0.05) is 0 Å². The first-order chi connectivity index (χ1) is 8.10. The van der Waals surface area contributed by atoms with E-state index in [1.165, 1.54) is 7.11 Å². The summed E-state index contributed by atoms with van der Waals surface area (Å²) in [5, 5.41) is 0. The molecule has 0 bridgehead atoms. The lowest BCUT2D eigenvalue weighted by atomic mass is 10.2. The second-order valence-electron chi connectivity index (χ2n) is 3.81. The third-order valence-electron chi connectivity index (χ3n) is 2.60. The van der Waals surface area contributed by atoms with E-state index in [9.17, 15) is 4.79 Å². The van der Waals surface area contributed by atoms with Crippen LogP contribution in [0, 0.1) is 0 Å². The molecule has 0 aliphatic rings. The normalized spacial score (nSPS) is 12.0. The minimum absolute atomic E-state index is 0.334. The van der Waals surface area contributed by atoms with E-state index >= 15 is 0 Å². The number of esters is 1. The molecule has 0 saturated carbocycles. The summed E-state index contributed by atoms with van der Waals surface area (Å²) in [4.78, 5) is 17.7. The van der Waals surface area contributed by atoms with E-state index in [4.69, 9.17) is 0 Å². The molecule has 5 heteroatoms. The Bertz CT molecular complexity index is 385. The van der Waals surface area contributed by atoms with Gasteiger partial charge in [-0.3, -0.25) is 0 Å². The fourth-order valence-corrected chi connectivity index (χ4v) is 2.14.